The fraction of sp³-hybridized carbons (Fsp3) is 0.118. The summed E-state index contributed by atoms with van der Waals surface area (Å²) >= 11 is 0. The van der Waals surface area contributed by atoms with Gasteiger partial charge >= 0.3 is 5.97 Å². The summed E-state index contributed by atoms with van der Waals surface area (Å²) in [6.45, 7) is 0. The molecule has 19 heavy (non-hydrogen) atoms. The van der Waals surface area contributed by atoms with Crippen LogP contribution in [0.2, 0.25) is 0 Å². The Bertz CT molecular complexity index is 675. The molecule has 0 aromatic heterocycles. The molecule has 2 nitrogen and oxygen atoms in total. The van der Waals surface area contributed by atoms with Gasteiger partial charge in [-0.1, -0.05) is 48.6 Å². The summed E-state index contributed by atoms with van der Waals surface area (Å²) in [5.74, 6) is 0.457. The van der Waals surface area contributed by atoms with Gasteiger partial charge in [0.25, 0.3) is 0 Å². The maximum Gasteiger partial charge on any atom is 0.343 e. The van der Waals surface area contributed by atoms with Crippen molar-refractivity contribution in [1.29, 1.82) is 0 Å². The predicted octanol–water partition coefficient (Wildman–Crippen LogP) is 4.23. The van der Waals surface area contributed by atoms with Crippen LogP contribution in [-0.2, 0) is 4.74 Å². The molecule has 0 unspecified atom stereocenters. The van der Waals surface area contributed by atoms with E-state index < -0.39 is 0 Å². The Morgan fingerprint density at radius 2 is 1.89 bits per heavy atom. The van der Waals surface area contributed by atoms with E-state index in [-0.39, 0.29) is 5.97 Å². The number of allylic oxidation sites excluding steroid dienone is 4. The first kappa shape index (κ1) is 11.7. The quantitative estimate of drug-likeness (QED) is 0.745. The van der Waals surface area contributed by atoms with Crippen molar-refractivity contribution in [2.24, 2.45) is 0 Å². The van der Waals surface area contributed by atoms with Gasteiger partial charge in [0.2, 0.25) is 0 Å². The van der Waals surface area contributed by atoms with Crippen molar-refractivity contribution in [2.75, 3.05) is 0 Å². The maximum absolute atomic E-state index is 12.2. The van der Waals surface area contributed by atoms with Gasteiger partial charge in [0.05, 0.1) is 5.56 Å². The number of carbonyl (C=O) groups excluding carboxylic acids is 1. The highest BCUT2D eigenvalue weighted by molar-refractivity contribution is 6.04. The Labute approximate surface area is 112 Å². The Morgan fingerprint density at radius 3 is 2.74 bits per heavy atom. The van der Waals surface area contributed by atoms with Gasteiger partial charge in [-0.3, -0.25) is 0 Å². The summed E-state index contributed by atoms with van der Waals surface area (Å²) in [5.41, 5.74) is 0.619. The van der Waals surface area contributed by atoms with Crippen LogP contribution in [0, 0.1) is 0 Å². The van der Waals surface area contributed by atoms with E-state index in [0.717, 1.165) is 29.4 Å². The Balaban J connectivity index is 1.93. The molecule has 0 heterocycles. The van der Waals surface area contributed by atoms with Gasteiger partial charge < -0.3 is 4.74 Å². The van der Waals surface area contributed by atoms with Gasteiger partial charge in [-0.25, -0.2) is 4.79 Å². The van der Waals surface area contributed by atoms with Gasteiger partial charge in [0.15, 0.2) is 0 Å². The lowest BCUT2D eigenvalue weighted by molar-refractivity contribution is 0.0616. The smallest absolute Gasteiger partial charge is 0.343 e. The molecule has 2 heteroatoms. The van der Waals surface area contributed by atoms with E-state index in [9.17, 15) is 4.79 Å². The van der Waals surface area contributed by atoms with Crippen LogP contribution in [0.25, 0.3) is 10.8 Å². The van der Waals surface area contributed by atoms with Gasteiger partial charge in [-0.2, -0.15) is 0 Å². The van der Waals surface area contributed by atoms with Crippen LogP contribution in [-0.4, -0.2) is 5.97 Å². The van der Waals surface area contributed by atoms with Crippen LogP contribution in [0.1, 0.15) is 23.2 Å². The van der Waals surface area contributed by atoms with Gasteiger partial charge in [-0.05, 0) is 29.3 Å². The molecule has 0 radical (unpaired) electrons. The number of hydrogen-bond donors (Lipinski definition) is 0. The number of carbonyl (C=O) groups is 1. The molecule has 1 aliphatic rings. The summed E-state index contributed by atoms with van der Waals surface area (Å²) < 4.78 is 5.46. The SMILES string of the molecule is O=C(OC1=CC=CCC1)c1cccc2ccccc12. The molecule has 2 aromatic carbocycles. The average Bonchev–Trinajstić information content (AvgIpc) is 2.47. The minimum Gasteiger partial charge on any atom is -0.427 e. The molecule has 0 amide bonds. The van der Waals surface area contributed by atoms with E-state index >= 15 is 0 Å². The van der Waals surface area contributed by atoms with Crippen molar-refractivity contribution >= 4 is 16.7 Å². The molecule has 0 N–H and O–H groups in total. The molecular weight excluding hydrogens is 236 g/mol. The molecular formula is C17H14O2. The third-order valence-electron chi connectivity index (χ3n) is 3.21. The number of ether oxygens (including phenoxy) is 1. The molecule has 0 fully saturated rings. The van der Waals surface area contributed by atoms with E-state index in [0.29, 0.717) is 5.56 Å². The van der Waals surface area contributed by atoms with Crippen molar-refractivity contribution in [1.82, 2.24) is 0 Å². The normalized spacial score (nSPS) is 14.2. The van der Waals surface area contributed by atoms with E-state index in [1.807, 2.05) is 54.6 Å². The summed E-state index contributed by atoms with van der Waals surface area (Å²) in [4.78, 5) is 12.2. The second-order valence-electron chi connectivity index (χ2n) is 4.52. The minimum atomic E-state index is -0.279. The molecule has 0 atom stereocenters. The van der Waals surface area contributed by atoms with E-state index in [1.54, 1.807) is 0 Å². The molecule has 94 valence electrons. The Kier molecular flexibility index (Phi) is 3.15. The molecule has 2 aromatic rings. The number of rotatable bonds is 2. The molecule has 3 rings (SSSR count). The topological polar surface area (TPSA) is 26.3 Å². The molecule has 1 aliphatic carbocycles. The Morgan fingerprint density at radius 1 is 1.05 bits per heavy atom. The first-order valence-corrected chi connectivity index (χ1v) is 6.40. The highest BCUT2D eigenvalue weighted by Crippen LogP contribution is 2.21. The summed E-state index contributed by atoms with van der Waals surface area (Å²) in [6.07, 6.45) is 7.55. The number of esters is 1. The zero-order valence-corrected chi connectivity index (χ0v) is 10.5. The number of benzene rings is 2. The number of fused-ring (bicyclic) bond motifs is 1. The van der Waals surface area contributed by atoms with Crippen molar-refractivity contribution < 1.29 is 9.53 Å². The zero-order valence-electron chi connectivity index (χ0n) is 10.5. The van der Waals surface area contributed by atoms with E-state index in [1.165, 1.54) is 0 Å². The predicted molar refractivity (Wildman–Crippen MR) is 75.8 cm³/mol. The van der Waals surface area contributed by atoms with E-state index in [4.69, 9.17) is 4.74 Å². The van der Waals surface area contributed by atoms with Crippen LogP contribution < -0.4 is 0 Å². The van der Waals surface area contributed by atoms with Crippen LogP contribution in [0.3, 0.4) is 0 Å². The molecule has 0 bridgehead atoms. The maximum atomic E-state index is 12.2. The third-order valence-corrected chi connectivity index (χ3v) is 3.21. The van der Waals surface area contributed by atoms with Crippen molar-refractivity contribution in [3.05, 3.63) is 72.0 Å². The highest BCUT2D eigenvalue weighted by Gasteiger charge is 2.13. The Hall–Kier alpha value is -2.35. The third kappa shape index (κ3) is 2.43. The van der Waals surface area contributed by atoms with Gasteiger partial charge in [0.1, 0.15) is 5.76 Å². The lowest BCUT2D eigenvalue weighted by Crippen LogP contribution is -2.06. The molecule has 0 saturated heterocycles. The fourth-order valence-corrected chi connectivity index (χ4v) is 2.24. The lowest BCUT2D eigenvalue weighted by atomic mass is 10.0. The molecule has 0 spiro atoms. The molecule has 0 aliphatic heterocycles. The van der Waals surface area contributed by atoms with Gasteiger partial charge in [0, 0.05) is 6.42 Å². The van der Waals surface area contributed by atoms with Crippen LogP contribution in [0.15, 0.2) is 66.5 Å². The fourth-order valence-electron chi connectivity index (χ4n) is 2.24. The van der Waals surface area contributed by atoms with Crippen LogP contribution >= 0.6 is 0 Å². The van der Waals surface area contributed by atoms with E-state index in [2.05, 4.69) is 6.08 Å². The first-order chi connectivity index (χ1) is 9.34. The zero-order chi connectivity index (χ0) is 13.1. The number of hydrogen-bond acceptors (Lipinski definition) is 2. The highest BCUT2D eigenvalue weighted by atomic mass is 16.5. The van der Waals surface area contributed by atoms with Crippen LogP contribution in [0.4, 0.5) is 0 Å². The summed E-state index contributed by atoms with van der Waals surface area (Å²) in [5, 5.41) is 1.98. The second kappa shape index (κ2) is 5.11. The minimum absolute atomic E-state index is 0.279. The standard InChI is InChI=1S/C17H14O2/c18-17(19-14-9-2-1-3-10-14)16-12-6-8-13-7-4-5-11-15(13)16/h1-2,4-9,11-12H,3,10H2. The average molecular weight is 250 g/mol. The first-order valence-electron chi connectivity index (χ1n) is 6.40. The van der Waals surface area contributed by atoms with Crippen molar-refractivity contribution in [3.8, 4) is 0 Å². The monoisotopic (exact) mass is 250 g/mol. The largest absolute Gasteiger partial charge is 0.427 e. The van der Waals surface area contributed by atoms with Gasteiger partial charge in [-0.15, -0.1) is 0 Å². The molecule has 0 saturated carbocycles. The van der Waals surface area contributed by atoms with Crippen molar-refractivity contribution in [3.63, 3.8) is 0 Å². The summed E-state index contributed by atoms with van der Waals surface area (Å²) in [7, 11) is 0. The summed E-state index contributed by atoms with van der Waals surface area (Å²) in [6, 6.07) is 13.5. The second-order valence-corrected chi connectivity index (χ2v) is 4.52. The van der Waals surface area contributed by atoms with Crippen LogP contribution in [0.5, 0.6) is 0 Å². The lowest BCUT2D eigenvalue weighted by Gasteiger charge is -2.11. The van der Waals surface area contributed by atoms with Crippen molar-refractivity contribution in [2.45, 2.75) is 12.8 Å².